The van der Waals surface area contributed by atoms with Gasteiger partial charge in [-0.2, -0.15) is 0 Å². The van der Waals surface area contributed by atoms with Crippen LogP contribution in [0, 0.1) is 5.82 Å². The second kappa shape index (κ2) is 10.2. The highest BCUT2D eigenvalue weighted by Gasteiger charge is 2.10. The second-order valence-electron chi connectivity index (χ2n) is 5.93. The Hall–Kier alpha value is -1.62. The fourth-order valence-corrected chi connectivity index (χ4v) is 2.85. The van der Waals surface area contributed by atoms with Crippen molar-refractivity contribution in [2.75, 3.05) is 39.3 Å². The Morgan fingerprint density at radius 1 is 1.22 bits per heavy atom. The quantitative estimate of drug-likeness (QED) is 0.439. The molecule has 5 heteroatoms. The van der Waals surface area contributed by atoms with Crippen LogP contribution in [0.4, 0.5) is 4.39 Å². The lowest BCUT2D eigenvalue weighted by atomic mass is 10.1. The molecule has 0 atom stereocenters. The van der Waals surface area contributed by atoms with E-state index in [1.807, 2.05) is 12.1 Å². The first-order valence-corrected chi connectivity index (χ1v) is 8.77. The van der Waals surface area contributed by atoms with E-state index in [0.717, 1.165) is 37.6 Å². The number of hydrogen-bond acceptors (Lipinski definition) is 2. The van der Waals surface area contributed by atoms with Crippen molar-refractivity contribution >= 4 is 5.96 Å². The minimum Gasteiger partial charge on any atom is -0.357 e. The number of aliphatic imine (C=N–C) groups is 1. The van der Waals surface area contributed by atoms with Gasteiger partial charge in [-0.1, -0.05) is 18.2 Å². The Bertz CT molecular complexity index is 484. The summed E-state index contributed by atoms with van der Waals surface area (Å²) in [6, 6.07) is 6.93. The average molecular weight is 320 g/mol. The molecule has 2 rings (SSSR count). The lowest BCUT2D eigenvalue weighted by molar-refractivity contribution is 0.336. The van der Waals surface area contributed by atoms with Crippen LogP contribution in [0.25, 0.3) is 0 Å². The van der Waals surface area contributed by atoms with Crippen LogP contribution >= 0.6 is 0 Å². The monoisotopic (exact) mass is 320 g/mol. The maximum Gasteiger partial charge on any atom is 0.191 e. The third kappa shape index (κ3) is 6.57. The van der Waals surface area contributed by atoms with Gasteiger partial charge in [0.2, 0.25) is 0 Å². The molecule has 0 saturated carbocycles. The highest BCUT2D eigenvalue weighted by molar-refractivity contribution is 5.79. The number of hydrogen-bond donors (Lipinski definition) is 2. The molecule has 23 heavy (non-hydrogen) atoms. The molecular weight excluding hydrogens is 291 g/mol. The Labute approximate surface area is 139 Å². The minimum atomic E-state index is -0.137. The number of likely N-dealkylation sites (tertiary alicyclic amines) is 1. The van der Waals surface area contributed by atoms with Crippen molar-refractivity contribution in [1.82, 2.24) is 15.5 Å². The normalized spacial score (nSPS) is 15.8. The van der Waals surface area contributed by atoms with Crippen LogP contribution in [0.15, 0.2) is 29.3 Å². The van der Waals surface area contributed by atoms with Gasteiger partial charge in [0.15, 0.2) is 5.96 Å². The molecule has 1 aliphatic heterocycles. The highest BCUT2D eigenvalue weighted by Crippen LogP contribution is 2.07. The van der Waals surface area contributed by atoms with Gasteiger partial charge in [0, 0.05) is 19.6 Å². The fourth-order valence-electron chi connectivity index (χ4n) is 2.85. The Kier molecular flexibility index (Phi) is 7.87. The molecule has 0 radical (unpaired) electrons. The van der Waals surface area contributed by atoms with Crippen molar-refractivity contribution in [3.8, 4) is 0 Å². The highest BCUT2D eigenvalue weighted by atomic mass is 19.1. The lowest BCUT2D eigenvalue weighted by Gasteiger charge is -2.14. The number of rotatable bonds is 8. The summed E-state index contributed by atoms with van der Waals surface area (Å²) in [6.45, 7) is 8.01. The summed E-state index contributed by atoms with van der Waals surface area (Å²) in [4.78, 5) is 7.11. The minimum absolute atomic E-state index is 0.137. The summed E-state index contributed by atoms with van der Waals surface area (Å²) >= 11 is 0. The van der Waals surface area contributed by atoms with Crippen LogP contribution in [-0.2, 0) is 6.42 Å². The average Bonchev–Trinajstić information content (AvgIpc) is 3.06. The van der Waals surface area contributed by atoms with Gasteiger partial charge in [-0.15, -0.1) is 0 Å². The zero-order valence-corrected chi connectivity index (χ0v) is 14.2. The number of nitrogens with zero attached hydrogens (tertiary/aromatic N) is 2. The third-order valence-electron chi connectivity index (χ3n) is 4.09. The first-order chi connectivity index (χ1) is 11.3. The van der Waals surface area contributed by atoms with Gasteiger partial charge in [-0.3, -0.25) is 4.99 Å². The van der Waals surface area contributed by atoms with Gasteiger partial charge in [-0.25, -0.2) is 4.39 Å². The topological polar surface area (TPSA) is 39.7 Å². The molecular formula is C18H29FN4. The van der Waals surface area contributed by atoms with Crippen LogP contribution in [0.2, 0.25) is 0 Å². The van der Waals surface area contributed by atoms with E-state index in [1.54, 1.807) is 6.07 Å². The molecule has 4 nitrogen and oxygen atoms in total. The maximum absolute atomic E-state index is 13.6. The molecule has 1 fully saturated rings. The number of nitrogens with one attached hydrogen (secondary N) is 2. The van der Waals surface area contributed by atoms with Crippen molar-refractivity contribution in [2.24, 2.45) is 4.99 Å². The Balaban J connectivity index is 1.69. The summed E-state index contributed by atoms with van der Waals surface area (Å²) in [5, 5.41) is 6.53. The molecule has 0 bridgehead atoms. The van der Waals surface area contributed by atoms with Crippen LogP contribution in [-0.4, -0.2) is 50.1 Å². The molecule has 1 heterocycles. The standard InChI is InChI=1S/C18H29FN4/c1-2-20-18(21-11-7-15-23-13-5-6-14-23)22-12-10-16-8-3-4-9-17(16)19/h3-4,8-9H,2,5-7,10-15H2,1H3,(H2,20,21,22). The zero-order valence-electron chi connectivity index (χ0n) is 14.2. The molecule has 1 aliphatic rings. The van der Waals surface area contributed by atoms with E-state index in [1.165, 1.54) is 32.0 Å². The number of benzene rings is 1. The summed E-state index contributed by atoms with van der Waals surface area (Å²) in [7, 11) is 0. The van der Waals surface area contributed by atoms with Crippen LogP contribution in [0.1, 0.15) is 31.7 Å². The first kappa shape index (κ1) is 17.7. The van der Waals surface area contributed by atoms with E-state index < -0.39 is 0 Å². The van der Waals surface area contributed by atoms with Gasteiger partial charge < -0.3 is 15.5 Å². The lowest BCUT2D eigenvalue weighted by Crippen LogP contribution is -2.38. The van der Waals surface area contributed by atoms with Crippen molar-refractivity contribution in [3.63, 3.8) is 0 Å². The molecule has 1 saturated heterocycles. The van der Waals surface area contributed by atoms with E-state index in [4.69, 9.17) is 0 Å². The summed E-state index contributed by atoms with van der Waals surface area (Å²) in [6.07, 6.45) is 4.42. The van der Waals surface area contributed by atoms with Crippen molar-refractivity contribution in [1.29, 1.82) is 0 Å². The Morgan fingerprint density at radius 3 is 2.74 bits per heavy atom. The molecule has 2 N–H and O–H groups in total. The van der Waals surface area contributed by atoms with Crippen LogP contribution in [0.3, 0.4) is 0 Å². The van der Waals surface area contributed by atoms with E-state index >= 15 is 0 Å². The van der Waals surface area contributed by atoms with Crippen LogP contribution < -0.4 is 10.6 Å². The molecule has 0 aromatic heterocycles. The molecule has 0 aliphatic carbocycles. The predicted molar refractivity (Wildman–Crippen MR) is 94.4 cm³/mol. The van der Waals surface area contributed by atoms with Gasteiger partial charge in [0.25, 0.3) is 0 Å². The van der Waals surface area contributed by atoms with E-state index in [0.29, 0.717) is 13.0 Å². The largest absolute Gasteiger partial charge is 0.357 e. The number of guanidine groups is 1. The molecule has 0 spiro atoms. The molecule has 1 aromatic rings. The summed E-state index contributed by atoms with van der Waals surface area (Å²) in [5.41, 5.74) is 0.741. The van der Waals surface area contributed by atoms with E-state index in [-0.39, 0.29) is 5.82 Å². The Morgan fingerprint density at radius 2 is 2.00 bits per heavy atom. The van der Waals surface area contributed by atoms with Crippen molar-refractivity contribution in [3.05, 3.63) is 35.6 Å². The van der Waals surface area contributed by atoms with Gasteiger partial charge in [0.1, 0.15) is 5.82 Å². The number of halogens is 1. The fraction of sp³-hybridized carbons (Fsp3) is 0.611. The first-order valence-electron chi connectivity index (χ1n) is 8.77. The SMILES string of the molecule is CCNC(=NCCCN1CCCC1)NCCc1ccccc1F. The zero-order chi connectivity index (χ0) is 16.3. The molecule has 0 unspecified atom stereocenters. The summed E-state index contributed by atoms with van der Waals surface area (Å²) in [5.74, 6) is 0.687. The van der Waals surface area contributed by atoms with Gasteiger partial charge >= 0.3 is 0 Å². The predicted octanol–water partition coefficient (Wildman–Crippen LogP) is 2.41. The van der Waals surface area contributed by atoms with E-state index in [2.05, 4.69) is 27.4 Å². The van der Waals surface area contributed by atoms with Crippen LogP contribution in [0.5, 0.6) is 0 Å². The van der Waals surface area contributed by atoms with Crippen molar-refractivity contribution in [2.45, 2.75) is 32.6 Å². The maximum atomic E-state index is 13.6. The summed E-state index contributed by atoms with van der Waals surface area (Å²) < 4.78 is 13.6. The van der Waals surface area contributed by atoms with Crippen molar-refractivity contribution < 1.29 is 4.39 Å². The third-order valence-corrected chi connectivity index (χ3v) is 4.09. The van der Waals surface area contributed by atoms with E-state index in [9.17, 15) is 4.39 Å². The molecule has 128 valence electrons. The smallest absolute Gasteiger partial charge is 0.191 e. The van der Waals surface area contributed by atoms with Gasteiger partial charge in [-0.05, 0) is 63.9 Å². The van der Waals surface area contributed by atoms with Gasteiger partial charge in [0.05, 0.1) is 0 Å². The molecule has 0 amide bonds. The second-order valence-corrected chi connectivity index (χ2v) is 5.93. The molecule has 1 aromatic carbocycles.